The van der Waals surface area contributed by atoms with Crippen molar-refractivity contribution in [3.63, 3.8) is 0 Å². The third-order valence-corrected chi connectivity index (χ3v) is 8.87. The number of nitrogens with one attached hydrogen (secondary N) is 1. The summed E-state index contributed by atoms with van der Waals surface area (Å²) >= 11 is 0. The molecule has 5 rings (SSSR count). The third kappa shape index (κ3) is 4.30. The van der Waals surface area contributed by atoms with Gasteiger partial charge >= 0.3 is 51.4 Å². The molecule has 0 aromatic heterocycles. The zero-order chi connectivity index (χ0) is 20.4. The predicted molar refractivity (Wildman–Crippen MR) is 114 cm³/mol. The summed E-state index contributed by atoms with van der Waals surface area (Å²) in [5.74, 6) is 0. The van der Waals surface area contributed by atoms with Gasteiger partial charge in [-0.1, -0.05) is 19.9 Å². The van der Waals surface area contributed by atoms with E-state index in [1.165, 1.54) is 22.3 Å². The van der Waals surface area contributed by atoms with E-state index in [1.807, 2.05) is 0 Å². The summed E-state index contributed by atoms with van der Waals surface area (Å²) in [7, 11) is -3.78. The second-order valence-electron chi connectivity index (χ2n) is 10.1. The van der Waals surface area contributed by atoms with E-state index in [-0.39, 0.29) is 51.4 Å². The standard InChI is InChI=1S/C22H31N3O3S.K/c1-22(2)10-16(11-22)25-12-17(13-25)29(27,28)24-21(26)23-20-18-7-3-5-14(18)9-15-6-4-8-19(15)20;/h9,16-17H,3-8,10-13H2,1-2H3,(H2,23,24,26);/q;+1/p-1. The molecule has 30 heavy (non-hydrogen) atoms. The fraction of sp³-hybridized carbons (Fsp3) is 0.682. The van der Waals surface area contributed by atoms with Gasteiger partial charge in [0.1, 0.15) is 0 Å². The van der Waals surface area contributed by atoms with Crippen molar-refractivity contribution in [1.29, 1.82) is 0 Å². The van der Waals surface area contributed by atoms with Gasteiger partial charge in [0.25, 0.3) is 0 Å². The predicted octanol–water partition coefficient (Wildman–Crippen LogP) is 0.776. The minimum Gasteiger partial charge on any atom is -0.423 e. The van der Waals surface area contributed by atoms with Crippen LogP contribution in [0.15, 0.2) is 6.07 Å². The molecule has 4 aliphatic rings. The molecule has 1 aromatic carbocycles. The molecule has 3 aliphatic carbocycles. The van der Waals surface area contributed by atoms with E-state index in [0.29, 0.717) is 24.5 Å². The molecule has 8 heteroatoms. The molecule has 2 fully saturated rings. The fourth-order valence-electron chi connectivity index (χ4n) is 5.72. The molecular formula is C22H30KN3O3S. The Kier molecular flexibility index (Phi) is 6.52. The van der Waals surface area contributed by atoms with Gasteiger partial charge in [-0.3, -0.25) is 9.69 Å². The SMILES string of the molecule is CC1(C)CC(N2CC(S(=O)(=O)[N-]C(=O)Nc3c4c(cc5c3CCC5)CCC4)C2)C1.[K+]. The van der Waals surface area contributed by atoms with Crippen molar-refractivity contribution in [1.82, 2.24) is 4.90 Å². The van der Waals surface area contributed by atoms with Crippen LogP contribution in [0.25, 0.3) is 4.72 Å². The van der Waals surface area contributed by atoms with Gasteiger partial charge in [-0.25, -0.2) is 8.42 Å². The van der Waals surface area contributed by atoms with Gasteiger partial charge in [0.2, 0.25) is 0 Å². The zero-order valence-corrected chi connectivity index (χ0v) is 22.3. The second kappa shape index (κ2) is 8.43. The number of rotatable bonds is 4. The molecule has 0 radical (unpaired) electrons. The quantitative estimate of drug-likeness (QED) is 0.681. The number of carbonyl (C=O) groups is 1. The van der Waals surface area contributed by atoms with Gasteiger partial charge in [-0.05, 0) is 84.7 Å². The van der Waals surface area contributed by atoms with Crippen LogP contribution in [-0.4, -0.2) is 43.7 Å². The number of likely N-dealkylation sites (tertiary alicyclic amines) is 1. The molecule has 1 N–H and O–H groups in total. The van der Waals surface area contributed by atoms with Gasteiger partial charge < -0.3 is 10.0 Å². The maximum atomic E-state index is 12.6. The smallest absolute Gasteiger partial charge is 0.423 e. The molecule has 158 valence electrons. The minimum atomic E-state index is -3.78. The van der Waals surface area contributed by atoms with Crippen LogP contribution in [0.4, 0.5) is 10.5 Å². The number of nitrogens with zero attached hydrogens (tertiary/aromatic N) is 2. The number of hydrogen-bond acceptors (Lipinski definition) is 4. The van der Waals surface area contributed by atoms with E-state index in [1.54, 1.807) is 0 Å². The average Bonchev–Trinajstić information content (AvgIpc) is 3.19. The number of benzene rings is 1. The maximum Gasteiger partial charge on any atom is 1.00 e. The Balaban J connectivity index is 0.00000218. The van der Waals surface area contributed by atoms with Crippen LogP contribution in [0.1, 0.15) is 61.8 Å². The van der Waals surface area contributed by atoms with Crippen LogP contribution in [-0.2, 0) is 35.7 Å². The Morgan fingerprint density at radius 1 is 1.07 bits per heavy atom. The van der Waals surface area contributed by atoms with E-state index in [2.05, 4.69) is 34.9 Å². The minimum absolute atomic E-state index is 0. The molecule has 6 nitrogen and oxygen atoms in total. The first kappa shape index (κ1) is 23.2. The third-order valence-electron chi connectivity index (χ3n) is 7.31. The Morgan fingerprint density at radius 2 is 1.63 bits per heavy atom. The van der Waals surface area contributed by atoms with Crippen molar-refractivity contribution in [2.75, 3.05) is 18.4 Å². The average molecular weight is 456 g/mol. The molecule has 1 aliphatic heterocycles. The van der Waals surface area contributed by atoms with E-state index >= 15 is 0 Å². The van der Waals surface area contributed by atoms with Crippen LogP contribution in [0, 0.1) is 5.41 Å². The summed E-state index contributed by atoms with van der Waals surface area (Å²) in [6, 6.07) is 2.04. The molecule has 0 spiro atoms. The molecule has 1 saturated carbocycles. The Morgan fingerprint density at radius 3 is 2.17 bits per heavy atom. The molecular weight excluding hydrogens is 425 g/mol. The maximum absolute atomic E-state index is 12.6. The summed E-state index contributed by atoms with van der Waals surface area (Å²) in [4.78, 5) is 14.8. The van der Waals surface area contributed by atoms with Crippen molar-refractivity contribution in [2.24, 2.45) is 5.41 Å². The normalized spacial score (nSPS) is 23.0. The van der Waals surface area contributed by atoms with E-state index in [0.717, 1.165) is 57.1 Å². The first-order chi connectivity index (χ1) is 13.7. The van der Waals surface area contributed by atoms with E-state index < -0.39 is 21.3 Å². The largest absolute Gasteiger partial charge is 1.00 e. The van der Waals surface area contributed by atoms with Crippen molar-refractivity contribution >= 4 is 21.7 Å². The number of aryl methyl sites for hydroxylation is 2. The van der Waals surface area contributed by atoms with E-state index in [9.17, 15) is 13.2 Å². The molecule has 2 amide bonds. The first-order valence-corrected chi connectivity index (χ1v) is 12.4. The molecule has 1 heterocycles. The fourth-order valence-corrected chi connectivity index (χ4v) is 6.90. The second-order valence-corrected chi connectivity index (χ2v) is 12.0. The van der Waals surface area contributed by atoms with Crippen LogP contribution < -0.4 is 56.7 Å². The number of amides is 2. The van der Waals surface area contributed by atoms with Crippen molar-refractivity contribution in [3.8, 4) is 0 Å². The molecule has 0 unspecified atom stereocenters. The Labute approximate surface area is 222 Å². The number of urea groups is 1. The van der Waals surface area contributed by atoms with Gasteiger partial charge in [0.15, 0.2) is 16.1 Å². The number of anilines is 1. The number of hydrogen-bond donors (Lipinski definition) is 1. The number of sulfonamides is 1. The monoisotopic (exact) mass is 455 g/mol. The van der Waals surface area contributed by atoms with Gasteiger partial charge in [0, 0.05) is 19.1 Å². The molecule has 0 bridgehead atoms. The summed E-state index contributed by atoms with van der Waals surface area (Å²) in [6.45, 7) is 5.48. The summed E-state index contributed by atoms with van der Waals surface area (Å²) in [6.07, 6.45) is 8.37. The number of fused-ring (bicyclic) bond motifs is 2. The Bertz CT molecular complexity index is 930. The van der Waals surface area contributed by atoms with Gasteiger partial charge in [-0.15, -0.1) is 0 Å². The Hall–Kier alpha value is 0.0364. The van der Waals surface area contributed by atoms with Crippen LogP contribution in [0.3, 0.4) is 0 Å². The topological polar surface area (TPSA) is 80.6 Å². The van der Waals surface area contributed by atoms with Crippen molar-refractivity contribution < 1.29 is 64.6 Å². The summed E-state index contributed by atoms with van der Waals surface area (Å²) in [5, 5.41) is 2.32. The zero-order valence-electron chi connectivity index (χ0n) is 18.3. The molecule has 1 saturated heterocycles. The van der Waals surface area contributed by atoms with Gasteiger partial charge in [-0.2, -0.15) is 0 Å². The first-order valence-electron chi connectivity index (χ1n) is 10.9. The van der Waals surface area contributed by atoms with Crippen LogP contribution in [0.2, 0.25) is 0 Å². The summed E-state index contributed by atoms with van der Waals surface area (Å²) < 4.78 is 28.9. The van der Waals surface area contributed by atoms with Crippen molar-refractivity contribution in [2.45, 2.75) is 76.5 Å². The van der Waals surface area contributed by atoms with Gasteiger partial charge in [0.05, 0.1) is 5.25 Å². The van der Waals surface area contributed by atoms with Crippen molar-refractivity contribution in [3.05, 3.63) is 33.0 Å². The molecule has 1 aromatic rings. The summed E-state index contributed by atoms with van der Waals surface area (Å²) in [5.41, 5.74) is 6.21. The van der Waals surface area contributed by atoms with Crippen LogP contribution in [0.5, 0.6) is 0 Å². The number of carbonyl (C=O) groups excluding carboxylic acids is 1. The van der Waals surface area contributed by atoms with Crippen LogP contribution >= 0.6 is 0 Å². The van der Waals surface area contributed by atoms with E-state index in [4.69, 9.17) is 0 Å². The molecule has 0 atom stereocenters.